The van der Waals surface area contributed by atoms with Crippen LogP contribution in [0.1, 0.15) is 33.5 Å². The van der Waals surface area contributed by atoms with Gasteiger partial charge in [0, 0.05) is 24.1 Å². The van der Waals surface area contributed by atoms with E-state index < -0.39 is 5.91 Å². The standard InChI is InChI=1S/C16H19N5O2/c1-10-7-11(2)20-16(19-10)21-5-6-23-14(9-21)13-4-3-12(8-18-13)15(17)22/h3-4,7-8,14H,5-6,9H2,1-2H3,(H2,17,22)/t14-/m0/s1. The van der Waals surface area contributed by atoms with Crippen LogP contribution in [0.4, 0.5) is 5.95 Å². The Morgan fingerprint density at radius 3 is 2.65 bits per heavy atom. The summed E-state index contributed by atoms with van der Waals surface area (Å²) in [5.41, 5.74) is 8.28. The molecule has 0 bridgehead atoms. The van der Waals surface area contributed by atoms with E-state index in [0.29, 0.717) is 24.7 Å². The first-order valence-electron chi connectivity index (χ1n) is 7.47. The molecule has 2 N–H and O–H groups in total. The summed E-state index contributed by atoms with van der Waals surface area (Å²) < 4.78 is 5.80. The first kappa shape index (κ1) is 15.4. The Bertz CT molecular complexity index is 697. The molecule has 1 atom stereocenters. The number of amides is 1. The topological polar surface area (TPSA) is 94.2 Å². The van der Waals surface area contributed by atoms with Crippen LogP contribution in [-0.4, -0.2) is 40.6 Å². The molecule has 23 heavy (non-hydrogen) atoms. The van der Waals surface area contributed by atoms with Crippen molar-refractivity contribution in [2.75, 3.05) is 24.6 Å². The van der Waals surface area contributed by atoms with Gasteiger partial charge >= 0.3 is 0 Å². The number of hydrogen-bond donors (Lipinski definition) is 1. The van der Waals surface area contributed by atoms with E-state index in [2.05, 4.69) is 19.9 Å². The van der Waals surface area contributed by atoms with Gasteiger partial charge in [-0.2, -0.15) is 0 Å². The van der Waals surface area contributed by atoms with Gasteiger partial charge in [-0.3, -0.25) is 9.78 Å². The Morgan fingerprint density at radius 1 is 1.30 bits per heavy atom. The quantitative estimate of drug-likeness (QED) is 0.914. The summed E-state index contributed by atoms with van der Waals surface area (Å²) in [7, 11) is 0. The number of anilines is 1. The van der Waals surface area contributed by atoms with Crippen LogP contribution in [0.5, 0.6) is 0 Å². The smallest absolute Gasteiger partial charge is 0.250 e. The third-order valence-electron chi connectivity index (χ3n) is 3.72. The van der Waals surface area contributed by atoms with Crippen molar-refractivity contribution < 1.29 is 9.53 Å². The number of hydrogen-bond acceptors (Lipinski definition) is 6. The van der Waals surface area contributed by atoms with Crippen LogP contribution >= 0.6 is 0 Å². The summed E-state index contributed by atoms with van der Waals surface area (Å²) in [6.07, 6.45) is 1.29. The average molecular weight is 313 g/mol. The SMILES string of the molecule is Cc1cc(C)nc(N2CCO[C@H](c3ccc(C(N)=O)cn3)C2)n1. The Hall–Kier alpha value is -2.54. The highest BCUT2D eigenvalue weighted by Gasteiger charge is 2.25. The van der Waals surface area contributed by atoms with Gasteiger partial charge in [0.05, 0.1) is 24.4 Å². The summed E-state index contributed by atoms with van der Waals surface area (Å²) in [5.74, 6) is 0.225. The lowest BCUT2D eigenvalue weighted by Gasteiger charge is -2.32. The Kier molecular flexibility index (Phi) is 4.20. The summed E-state index contributed by atoms with van der Waals surface area (Å²) in [6, 6.07) is 5.39. The zero-order valence-electron chi connectivity index (χ0n) is 13.2. The van der Waals surface area contributed by atoms with Gasteiger partial charge in [-0.25, -0.2) is 9.97 Å². The number of aromatic nitrogens is 3. The highest BCUT2D eigenvalue weighted by Crippen LogP contribution is 2.23. The summed E-state index contributed by atoms with van der Waals surface area (Å²) >= 11 is 0. The van der Waals surface area contributed by atoms with Crippen LogP contribution < -0.4 is 10.6 Å². The lowest BCUT2D eigenvalue weighted by Crippen LogP contribution is -2.39. The van der Waals surface area contributed by atoms with Crippen LogP contribution in [0.25, 0.3) is 0 Å². The second kappa shape index (κ2) is 6.29. The third kappa shape index (κ3) is 3.45. The van der Waals surface area contributed by atoms with Crippen LogP contribution in [0, 0.1) is 13.8 Å². The first-order chi connectivity index (χ1) is 11.0. The van der Waals surface area contributed by atoms with Crippen LogP contribution in [-0.2, 0) is 4.74 Å². The summed E-state index contributed by atoms with van der Waals surface area (Å²) in [5, 5.41) is 0. The molecule has 0 radical (unpaired) electrons. The molecular weight excluding hydrogens is 294 g/mol. The van der Waals surface area contributed by atoms with Gasteiger partial charge in [-0.15, -0.1) is 0 Å². The number of nitrogens with zero attached hydrogens (tertiary/aromatic N) is 4. The maximum absolute atomic E-state index is 11.1. The van der Waals surface area contributed by atoms with Gasteiger partial charge in [0.15, 0.2) is 0 Å². The molecule has 3 rings (SSSR count). The van der Waals surface area contributed by atoms with E-state index in [4.69, 9.17) is 10.5 Å². The number of carbonyl (C=O) groups excluding carboxylic acids is 1. The van der Waals surface area contributed by atoms with Gasteiger partial charge in [0.2, 0.25) is 11.9 Å². The van der Waals surface area contributed by atoms with E-state index in [9.17, 15) is 4.79 Å². The van der Waals surface area contributed by atoms with Crippen LogP contribution in [0.3, 0.4) is 0 Å². The number of pyridine rings is 1. The molecule has 1 aliphatic heterocycles. The second-order valence-corrected chi connectivity index (χ2v) is 5.59. The molecule has 0 aliphatic carbocycles. The Labute approximate surface area is 134 Å². The number of rotatable bonds is 3. The van der Waals surface area contributed by atoms with Crippen molar-refractivity contribution in [1.29, 1.82) is 0 Å². The molecule has 0 spiro atoms. The van der Waals surface area contributed by atoms with Gasteiger partial charge < -0.3 is 15.4 Å². The number of aryl methyl sites for hydroxylation is 2. The molecule has 0 unspecified atom stereocenters. The zero-order chi connectivity index (χ0) is 16.4. The highest BCUT2D eigenvalue weighted by molar-refractivity contribution is 5.92. The minimum atomic E-state index is -0.487. The van der Waals surface area contributed by atoms with Crippen molar-refractivity contribution >= 4 is 11.9 Å². The highest BCUT2D eigenvalue weighted by atomic mass is 16.5. The van der Waals surface area contributed by atoms with Crippen molar-refractivity contribution in [3.8, 4) is 0 Å². The van der Waals surface area contributed by atoms with Gasteiger partial charge in [0.1, 0.15) is 6.10 Å². The van der Waals surface area contributed by atoms with E-state index in [0.717, 1.165) is 23.6 Å². The molecule has 1 amide bonds. The normalized spacial score (nSPS) is 18.0. The molecule has 2 aromatic rings. The fourth-order valence-electron chi connectivity index (χ4n) is 2.60. The van der Waals surface area contributed by atoms with Gasteiger partial charge in [-0.05, 0) is 32.0 Å². The first-order valence-corrected chi connectivity index (χ1v) is 7.47. The molecule has 7 heteroatoms. The zero-order valence-corrected chi connectivity index (χ0v) is 13.2. The monoisotopic (exact) mass is 313 g/mol. The Balaban J connectivity index is 1.78. The molecule has 1 saturated heterocycles. The van der Waals surface area contributed by atoms with Crippen molar-refractivity contribution in [1.82, 2.24) is 15.0 Å². The minimum Gasteiger partial charge on any atom is -0.368 e. The Morgan fingerprint density at radius 2 is 2.04 bits per heavy atom. The molecule has 120 valence electrons. The lowest BCUT2D eigenvalue weighted by atomic mass is 10.1. The minimum absolute atomic E-state index is 0.185. The molecule has 7 nitrogen and oxygen atoms in total. The fraction of sp³-hybridized carbons (Fsp3) is 0.375. The molecule has 1 aliphatic rings. The predicted molar refractivity (Wildman–Crippen MR) is 85.2 cm³/mol. The van der Waals surface area contributed by atoms with E-state index >= 15 is 0 Å². The van der Waals surface area contributed by atoms with Crippen LogP contribution in [0.15, 0.2) is 24.4 Å². The van der Waals surface area contributed by atoms with Crippen molar-refractivity contribution in [2.24, 2.45) is 5.73 Å². The predicted octanol–water partition coefficient (Wildman–Crippen LogP) is 1.17. The lowest BCUT2D eigenvalue weighted by molar-refractivity contribution is 0.0364. The molecule has 1 fully saturated rings. The third-order valence-corrected chi connectivity index (χ3v) is 3.72. The number of carbonyl (C=O) groups is 1. The van der Waals surface area contributed by atoms with E-state index in [1.54, 1.807) is 12.1 Å². The average Bonchev–Trinajstić information content (AvgIpc) is 2.54. The molecule has 2 aromatic heterocycles. The maximum Gasteiger partial charge on any atom is 0.250 e. The molecule has 0 aromatic carbocycles. The fourth-order valence-corrected chi connectivity index (χ4v) is 2.60. The van der Waals surface area contributed by atoms with E-state index in [-0.39, 0.29) is 6.10 Å². The summed E-state index contributed by atoms with van der Waals surface area (Å²) in [6.45, 7) is 5.84. The largest absolute Gasteiger partial charge is 0.368 e. The van der Waals surface area contributed by atoms with E-state index in [1.807, 2.05) is 19.9 Å². The van der Waals surface area contributed by atoms with E-state index in [1.165, 1.54) is 6.20 Å². The van der Waals surface area contributed by atoms with Gasteiger partial charge in [0.25, 0.3) is 0 Å². The maximum atomic E-state index is 11.1. The van der Waals surface area contributed by atoms with Crippen molar-refractivity contribution in [3.63, 3.8) is 0 Å². The van der Waals surface area contributed by atoms with Crippen LogP contribution in [0.2, 0.25) is 0 Å². The molecule has 3 heterocycles. The number of nitrogens with two attached hydrogens (primary N) is 1. The van der Waals surface area contributed by atoms with Gasteiger partial charge in [-0.1, -0.05) is 0 Å². The molecule has 0 saturated carbocycles. The second-order valence-electron chi connectivity index (χ2n) is 5.59. The van der Waals surface area contributed by atoms with Crippen molar-refractivity contribution in [2.45, 2.75) is 20.0 Å². The van der Waals surface area contributed by atoms with Crippen molar-refractivity contribution in [3.05, 3.63) is 47.0 Å². The molecular formula is C16H19N5O2. The summed E-state index contributed by atoms with van der Waals surface area (Å²) in [4.78, 5) is 26.5. The number of ether oxygens (including phenoxy) is 1. The number of morpholine rings is 1. The number of primary amides is 1.